The lowest BCUT2D eigenvalue weighted by molar-refractivity contribution is 0.170. The maximum Gasteiger partial charge on any atom is 0.105 e. The lowest BCUT2D eigenvalue weighted by atomic mass is 9.98. The molecule has 4 heteroatoms. The first-order valence-electron chi connectivity index (χ1n) is 8.13. The quantitative estimate of drug-likeness (QED) is 0.775. The monoisotopic (exact) mass is 280 g/mol. The van der Waals surface area contributed by atoms with Crippen LogP contribution in [0.2, 0.25) is 0 Å². The summed E-state index contributed by atoms with van der Waals surface area (Å²) in [6.45, 7) is 11.9. The Bertz CT molecular complexity index is 312. The minimum atomic E-state index is -0.382. The lowest BCUT2D eigenvalue weighted by Gasteiger charge is -2.33. The summed E-state index contributed by atoms with van der Waals surface area (Å²) in [7, 11) is 2.22. The van der Waals surface area contributed by atoms with Gasteiger partial charge in [-0.25, -0.2) is 0 Å². The van der Waals surface area contributed by atoms with E-state index in [0.717, 1.165) is 39.0 Å². The average molecular weight is 280 g/mol. The van der Waals surface area contributed by atoms with Crippen molar-refractivity contribution in [2.24, 2.45) is 0 Å². The second-order valence-corrected chi connectivity index (χ2v) is 6.33. The number of rotatable bonds is 7. The minimum absolute atomic E-state index is 0.382. The van der Waals surface area contributed by atoms with Crippen LogP contribution >= 0.6 is 0 Å². The third kappa shape index (κ3) is 5.40. The van der Waals surface area contributed by atoms with Crippen LogP contribution in [0.15, 0.2) is 0 Å². The van der Waals surface area contributed by atoms with Crippen molar-refractivity contribution in [1.29, 1.82) is 5.26 Å². The number of nitriles is 1. The topological polar surface area (TPSA) is 42.3 Å². The van der Waals surface area contributed by atoms with Crippen LogP contribution in [0.1, 0.15) is 46.5 Å². The maximum atomic E-state index is 9.42. The van der Waals surface area contributed by atoms with Gasteiger partial charge in [0.2, 0.25) is 0 Å². The van der Waals surface area contributed by atoms with Gasteiger partial charge in [0.05, 0.1) is 6.07 Å². The van der Waals surface area contributed by atoms with Crippen molar-refractivity contribution in [3.05, 3.63) is 0 Å². The second-order valence-electron chi connectivity index (χ2n) is 6.33. The van der Waals surface area contributed by atoms with Crippen LogP contribution in [0, 0.1) is 11.3 Å². The molecule has 2 unspecified atom stereocenters. The van der Waals surface area contributed by atoms with Gasteiger partial charge in [0.15, 0.2) is 0 Å². The van der Waals surface area contributed by atoms with E-state index in [0.29, 0.717) is 6.04 Å². The van der Waals surface area contributed by atoms with Gasteiger partial charge in [-0.1, -0.05) is 13.8 Å². The number of hydrogen-bond donors (Lipinski definition) is 1. The Balaban J connectivity index is 2.54. The fourth-order valence-electron chi connectivity index (χ4n) is 2.93. The van der Waals surface area contributed by atoms with E-state index < -0.39 is 0 Å². The van der Waals surface area contributed by atoms with Crippen LogP contribution in [-0.2, 0) is 0 Å². The Morgan fingerprint density at radius 3 is 2.70 bits per heavy atom. The van der Waals surface area contributed by atoms with E-state index in [-0.39, 0.29) is 5.54 Å². The number of hydrogen-bond acceptors (Lipinski definition) is 4. The van der Waals surface area contributed by atoms with Gasteiger partial charge in [0.25, 0.3) is 0 Å². The second kappa shape index (κ2) is 8.61. The van der Waals surface area contributed by atoms with Crippen molar-refractivity contribution in [3.63, 3.8) is 0 Å². The molecular weight excluding hydrogens is 248 g/mol. The van der Waals surface area contributed by atoms with Crippen molar-refractivity contribution in [2.45, 2.75) is 58.0 Å². The van der Waals surface area contributed by atoms with Crippen molar-refractivity contribution in [3.8, 4) is 6.07 Å². The standard InChI is InChI=1S/C16H32N4/c1-5-9-18-16(3,14-17)8-12-20-11-7-10-19(4)13-15(20)6-2/h15,18H,5-13H2,1-4H3. The fraction of sp³-hybridized carbons (Fsp3) is 0.938. The molecule has 1 rings (SSSR count). The Hall–Kier alpha value is -0.630. The largest absolute Gasteiger partial charge is 0.305 e. The van der Waals surface area contributed by atoms with E-state index in [2.05, 4.69) is 42.1 Å². The van der Waals surface area contributed by atoms with E-state index in [1.807, 2.05) is 6.92 Å². The lowest BCUT2D eigenvalue weighted by Crippen LogP contribution is -2.47. The minimum Gasteiger partial charge on any atom is -0.305 e. The highest BCUT2D eigenvalue weighted by Gasteiger charge is 2.27. The molecule has 0 aromatic carbocycles. The number of nitrogens with one attached hydrogen (secondary N) is 1. The Labute approximate surface area is 125 Å². The van der Waals surface area contributed by atoms with E-state index in [1.165, 1.54) is 19.4 Å². The average Bonchev–Trinajstić information content (AvgIpc) is 2.64. The summed E-state index contributed by atoms with van der Waals surface area (Å²) in [5, 5.41) is 12.8. The van der Waals surface area contributed by atoms with E-state index in [4.69, 9.17) is 0 Å². The van der Waals surface area contributed by atoms with Gasteiger partial charge in [0.1, 0.15) is 5.54 Å². The smallest absolute Gasteiger partial charge is 0.105 e. The molecule has 1 N–H and O–H groups in total. The zero-order valence-corrected chi connectivity index (χ0v) is 13.8. The summed E-state index contributed by atoms with van der Waals surface area (Å²) >= 11 is 0. The van der Waals surface area contributed by atoms with Crippen LogP contribution < -0.4 is 5.32 Å². The molecule has 0 aliphatic carbocycles. The fourth-order valence-corrected chi connectivity index (χ4v) is 2.93. The normalized spacial score (nSPS) is 24.9. The molecule has 0 spiro atoms. The zero-order valence-electron chi connectivity index (χ0n) is 13.8. The van der Waals surface area contributed by atoms with Gasteiger partial charge in [0, 0.05) is 19.1 Å². The maximum absolute atomic E-state index is 9.42. The van der Waals surface area contributed by atoms with Gasteiger partial charge in [-0.05, 0) is 59.3 Å². The molecule has 0 aromatic rings. The van der Waals surface area contributed by atoms with Gasteiger partial charge in [-0.3, -0.25) is 10.2 Å². The van der Waals surface area contributed by atoms with Gasteiger partial charge >= 0.3 is 0 Å². The van der Waals surface area contributed by atoms with E-state index in [9.17, 15) is 5.26 Å². The van der Waals surface area contributed by atoms with Crippen molar-refractivity contribution >= 4 is 0 Å². The molecule has 0 saturated carbocycles. The highest BCUT2D eigenvalue weighted by Crippen LogP contribution is 2.16. The van der Waals surface area contributed by atoms with Crippen molar-refractivity contribution < 1.29 is 0 Å². The first kappa shape index (κ1) is 17.4. The van der Waals surface area contributed by atoms with Crippen LogP contribution in [0.3, 0.4) is 0 Å². The zero-order chi connectivity index (χ0) is 15.0. The first-order valence-corrected chi connectivity index (χ1v) is 8.13. The molecule has 0 bridgehead atoms. The molecule has 20 heavy (non-hydrogen) atoms. The molecule has 2 atom stereocenters. The highest BCUT2D eigenvalue weighted by atomic mass is 15.2. The van der Waals surface area contributed by atoms with Crippen LogP contribution in [0.5, 0.6) is 0 Å². The summed E-state index contributed by atoms with van der Waals surface area (Å²) in [4.78, 5) is 5.03. The molecule has 1 fully saturated rings. The van der Waals surface area contributed by atoms with Crippen LogP contribution in [-0.4, -0.2) is 61.2 Å². The van der Waals surface area contributed by atoms with Crippen molar-refractivity contribution in [2.75, 3.05) is 39.8 Å². The molecule has 1 aliphatic rings. The van der Waals surface area contributed by atoms with E-state index >= 15 is 0 Å². The van der Waals surface area contributed by atoms with Crippen LogP contribution in [0.4, 0.5) is 0 Å². The number of nitrogens with zero attached hydrogens (tertiary/aromatic N) is 3. The summed E-state index contributed by atoms with van der Waals surface area (Å²) in [5.74, 6) is 0. The third-order valence-corrected chi connectivity index (χ3v) is 4.41. The molecule has 0 radical (unpaired) electrons. The molecule has 4 nitrogen and oxygen atoms in total. The predicted octanol–water partition coefficient (Wildman–Crippen LogP) is 2.07. The third-order valence-electron chi connectivity index (χ3n) is 4.41. The summed E-state index contributed by atoms with van der Waals surface area (Å²) in [6.07, 6.45) is 4.40. The molecule has 1 heterocycles. The molecular formula is C16H32N4. The molecule has 0 amide bonds. The van der Waals surface area contributed by atoms with Gasteiger partial charge < -0.3 is 4.90 Å². The molecule has 116 valence electrons. The molecule has 1 saturated heterocycles. The Kier molecular flexibility index (Phi) is 7.50. The molecule has 1 aliphatic heterocycles. The van der Waals surface area contributed by atoms with Crippen LogP contribution in [0.25, 0.3) is 0 Å². The van der Waals surface area contributed by atoms with E-state index in [1.54, 1.807) is 0 Å². The first-order chi connectivity index (χ1) is 9.54. The molecule has 0 aromatic heterocycles. The van der Waals surface area contributed by atoms with Gasteiger partial charge in [-0.2, -0.15) is 5.26 Å². The highest BCUT2D eigenvalue weighted by molar-refractivity contribution is 5.04. The van der Waals surface area contributed by atoms with Gasteiger partial charge in [-0.15, -0.1) is 0 Å². The summed E-state index contributed by atoms with van der Waals surface area (Å²) in [5.41, 5.74) is -0.382. The van der Waals surface area contributed by atoms with Crippen molar-refractivity contribution in [1.82, 2.24) is 15.1 Å². The summed E-state index contributed by atoms with van der Waals surface area (Å²) < 4.78 is 0. The SMILES string of the molecule is CCCNC(C)(C#N)CCN1CCCN(C)CC1CC. The Morgan fingerprint density at radius 1 is 1.35 bits per heavy atom. The Morgan fingerprint density at radius 2 is 2.10 bits per heavy atom. The number of likely N-dealkylation sites (N-methyl/N-ethyl adjacent to an activating group) is 1. The summed E-state index contributed by atoms with van der Waals surface area (Å²) in [6, 6.07) is 3.10. The predicted molar refractivity (Wildman–Crippen MR) is 84.7 cm³/mol.